The van der Waals surface area contributed by atoms with E-state index in [9.17, 15) is 4.79 Å². The fraction of sp³-hybridized carbons (Fsp3) is 0.857. The van der Waals surface area contributed by atoms with Crippen molar-refractivity contribution < 1.29 is 4.79 Å². The fourth-order valence-corrected chi connectivity index (χ4v) is 3.03. The molecule has 0 bridgehead atoms. The lowest BCUT2D eigenvalue weighted by molar-refractivity contribution is -0.123. The van der Waals surface area contributed by atoms with Crippen molar-refractivity contribution >= 4 is 51.1 Å². The molecule has 64 valence electrons. The Balaban J connectivity index is 2.54. The van der Waals surface area contributed by atoms with E-state index in [1.165, 1.54) is 0 Å². The van der Waals surface area contributed by atoms with Gasteiger partial charge in [0, 0.05) is 6.42 Å². The summed E-state index contributed by atoms with van der Waals surface area (Å²) in [4.78, 5) is 11.0. The molecular weight excluding hydrogens is 368 g/mol. The number of amides is 1. The second kappa shape index (κ2) is 4.25. The van der Waals surface area contributed by atoms with Crippen molar-refractivity contribution in [3.63, 3.8) is 0 Å². The summed E-state index contributed by atoms with van der Waals surface area (Å²) in [7, 11) is 0. The predicted molar refractivity (Wildman–Crippen MR) is 62.2 cm³/mol. The zero-order valence-corrected chi connectivity index (χ0v) is 10.6. The highest BCUT2D eigenvalue weighted by Crippen LogP contribution is 2.26. The van der Waals surface area contributed by atoms with E-state index in [-0.39, 0.29) is 5.91 Å². The quantitative estimate of drug-likeness (QED) is 0.549. The van der Waals surface area contributed by atoms with Gasteiger partial charge in [0.1, 0.15) is 0 Å². The van der Waals surface area contributed by atoms with Gasteiger partial charge in [-0.3, -0.25) is 4.79 Å². The molecule has 0 aromatic heterocycles. The standard InChI is InChI=1S/C7H11I2NO/c1-4-2-3-5(11)10-6(4)7(8)9/h4,6-7H,2-3H2,1H3,(H,10,11)/t4-,6-/m0/s1. The third-order valence-corrected chi connectivity index (χ3v) is 3.59. The van der Waals surface area contributed by atoms with Crippen LogP contribution >= 0.6 is 45.2 Å². The van der Waals surface area contributed by atoms with E-state index in [0.717, 1.165) is 6.42 Å². The minimum Gasteiger partial charge on any atom is -0.351 e. The molecule has 1 amide bonds. The molecule has 1 fully saturated rings. The molecule has 0 spiro atoms. The lowest BCUT2D eigenvalue weighted by atomic mass is 9.94. The average Bonchev–Trinajstić information content (AvgIpc) is 1.94. The maximum absolute atomic E-state index is 11.0. The van der Waals surface area contributed by atoms with Gasteiger partial charge >= 0.3 is 0 Å². The Morgan fingerprint density at radius 2 is 2.27 bits per heavy atom. The number of carbonyl (C=O) groups is 1. The first kappa shape index (κ1) is 10.0. The molecule has 1 aliphatic heterocycles. The van der Waals surface area contributed by atoms with Crippen molar-refractivity contribution in [1.29, 1.82) is 0 Å². The van der Waals surface area contributed by atoms with E-state index in [4.69, 9.17) is 0 Å². The molecule has 4 heteroatoms. The molecule has 2 atom stereocenters. The summed E-state index contributed by atoms with van der Waals surface area (Å²) < 4.78 is 0.504. The Kier molecular flexibility index (Phi) is 3.87. The average molecular weight is 379 g/mol. The van der Waals surface area contributed by atoms with Crippen LogP contribution in [0.1, 0.15) is 19.8 Å². The zero-order chi connectivity index (χ0) is 8.43. The first-order chi connectivity index (χ1) is 5.11. The molecule has 0 radical (unpaired) electrons. The van der Waals surface area contributed by atoms with Crippen molar-refractivity contribution in [2.45, 2.75) is 27.7 Å². The van der Waals surface area contributed by atoms with Crippen LogP contribution in [0.2, 0.25) is 0 Å². The van der Waals surface area contributed by atoms with Crippen LogP contribution in [0.5, 0.6) is 0 Å². The summed E-state index contributed by atoms with van der Waals surface area (Å²) in [5.41, 5.74) is 0. The highest BCUT2D eigenvalue weighted by molar-refractivity contribution is 14.2. The molecule has 0 unspecified atom stereocenters. The summed E-state index contributed by atoms with van der Waals surface area (Å²) >= 11 is 4.72. The van der Waals surface area contributed by atoms with Crippen LogP contribution < -0.4 is 5.32 Å². The number of piperidine rings is 1. The fourth-order valence-electron chi connectivity index (χ4n) is 1.25. The highest BCUT2D eigenvalue weighted by atomic mass is 127. The molecule has 2 nitrogen and oxygen atoms in total. The van der Waals surface area contributed by atoms with Crippen LogP contribution in [0.15, 0.2) is 0 Å². The number of hydrogen-bond donors (Lipinski definition) is 1. The Bertz CT molecular complexity index is 161. The van der Waals surface area contributed by atoms with Crippen LogP contribution in [-0.2, 0) is 4.79 Å². The van der Waals surface area contributed by atoms with Gasteiger partial charge in [-0.05, 0) is 12.3 Å². The van der Waals surface area contributed by atoms with Crippen molar-refractivity contribution in [2.75, 3.05) is 0 Å². The van der Waals surface area contributed by atoms with Gasteiger partial charge in [-0.25, -0.2) is 0 Å². The number of carbonyl (C=O) groups excluding carboxylic acids is 1. The molecule has 1 rings (SSSR count). The molecular formula is C7H11I2NO. The summed E-state index contributed by atoms with van der Waals surface area (Å²) in [6.07, 6.45) is 1.75. The van der Waals surface area contributed by atoms with Gasteiger partial charge in [-0.1, -0.05) is 52.1 Å². The first-order valence-corrected chi connectivity index (χ1v) is 6.18. The van der Waals surface area contributed by atoms with E-state index in [0.29, 0.717) is 20.3 Å². The Morgan fingerprint density at radius 3 is 2.73 bits per heavy atom. The molecule has 11 heavy (non-hydrogen) atoms. The van der Waals surface area contributed by atoms with E-state index in [2.05, 4.69) is 57.4 Å². The molecule has 1 aliphatic rings. The van der Waals surface area contributed by atoms with Gasteiger partial charge < -0.3 is 5.32 Å². The Hall–Kier alpha value is 0.930. The minimum absolute atomic E-state index is 0.214. The monoisotopic (exact) mass is 379 g/mol. The second-order valence-corrected chi connectivity index (χ2v) is 8.01. The van der Waals surface area contributed by atoms with Crippen LogP contribution in [0.25, 0.3) is 0 Å². The van der Waals surface area contributed by atoms with Gasteiger partial charge in [-0.2, -0.15) is 0 Å². The number of hydrogen-bond acceptors (Lipinski definition) is 1. The molecule has 0 saturated carbocycles. The first-order valence-electron chi connectivity index (χ1n) is 3.69. The van der Waals surface area contributed by atoms with Gasteiger partial charge in [0.05, 0.1) is 7.97 Å². The zero-order valence-electron chi connectivity index (χ0n) is 6.31. The molecule has 0 aromatic carbocycles. The summed E-state index contributed by atoms with van der Waals surface area (Å²) in [6.45, 7) is 2.20. The van der Waals surface area contributed by atoms with E-state index >= 15 is 0 Å². The van der Waals surface area contributed by atoms with Crippen LogP contribution in [0.3, 0.4) is 0 Å². The lowest BCUT2D eigenvalue weighted by Crippen LogP contribution is -2.47. The van der Waals surface area contributed by atoms with Crippen molar-refractivity contribution in [2.24, 2.45) is 5.92 Å². The van der Waals surface area contributed by atoms with E-state index in [1.54, 1.807) is 0 Å². The lowest BCUT2D eigenvalue weighted by Gasteiger charge is -2.30. The minimum atomic E-state index is 0.214. The van der Waals surface area contributed by atoms with E-state index < -0.39 is 0 Å². The molecule has 0 aromatic rings. The van der Waals surface area contributed by atoms with Gasteiger partial charge in [0.15, 0.2) is 0 Å². The maximum atomic E-state index is 11.0. The molecule has 0 aliphatic carbocycles. The third kappa shape index (κ3) is 2.71. The van der Waals surface area contributed by atoms with Gasteiger partial charge in [-0.15, -0.1) is 0 Å². The highest BCUT2D eigenvalue weighted by Gasteiger charge is 2.28. The van der Waals surface area contributed by atoms with Crippen molar-refractivity contribution in [3.8, 4) is 0 Å². The van der Waals surface area contributed by atoms with Crippen LogP contribution in [0.4, 0.5) is 0 Å². The summed E-state index contributed by atoms with van der Waals surface area (Å²) in [6, 6.07) is 0.373. The number of nitrogens with one attached hydrogen (secondary N) is 1. The predicted octanol–water partition coefficient (Wildman–Crippen LogP) is 2.10. The van der Waals surface area contributed by atoms with Crippen LogP contribution in [0, 0.1) is 5.92 Å². The topological polar surface area (TPSA) is 29.1 Å². The Labute approximate surface area is 94.2 Å². The smallest absolute Gasteiger partial charge is 0.220 e. The van der Waals surface area contributed by atoms with Crippen molar-refractivity contribution in [3.05, 3.63) is 0 Å². The van der Waals surface area contributed by atoms with E-state index in [1.807, 2.05) is 0 Å². The maximum Gasteiger partial charge on any atom is 0.220 e. The summed E-state index contributed by atoms with van der Waals surface area (Å²) in [5.74, 6) is 0.845. The molecule has 1 N–H and O–H groups in total. The van der Waals surface area contributed by atoms with Crippen molar-refractivity contribution in [1.82, 2.24) is 5.32 Å². The van der Waals surface area contributed by atoms with Gasteiger partial charge in [0.2, 0.25) is 5.91 Å². The second-order valence-electron chi connectivity index (χ2n) is 2.94. The normalized spacial score (nSPS) is 32.2. The SMILES string of the molecule is C[C@H]1CCC(=O)N[C@@H]1C(I)I. The largest absolute Gasteiger partial charge is 0.351 e. The third-order valence-electron chi connectivity index (χ3n) is 2.04. The molecule has 1 heterocycles. The van der Waals surface area contributed by atoms with Crippen LogP contribution in [-0.4, -0.2) is 13.9 Å². The molecule has 1 saturated heterocycles. The van der Waals surface area contributed by atoms with Gasteiger partial charge in [0.25, 0.3) is 0 Å². The number of halogens is 2. The summed E-state index contributed by atoms with van der Waals surface area (Å²) in [5, 5.41) is 3.01. The number of alkyl halides is 2. The number of rotatable bonds is 1. The Morgan fingerprint density at radius 1 is 1.64 bits per heavy atom.